The van der Waals surface area contributed by atoms with Crippen molar-refractivity contribution in [2.24, 2.45) is 7.05 Å². The fourth-order valence-corrected chi connectivity index (χ4v) is 1.63. The second-order valence-electron chi connectivity index (χ2n) is 3.84. The van der Waals surface area contributed by atoms with Crippen molar-refractivity contribution >= 4 is 17.3 Å². The maximum Gasteiger partial charge on any atom is 0.352 e. The normalized spacial score (nSPS) is 10.4. The molecule has 2 rings (SSSR count). The first-order valence-corrected chi connectivity index (χ1v) is 5.54. The predicted molar refractivity (Wildman–Crippen MR) is 68.5 cm³/mol. The van der Waals surface area contributed by atoms with Crippen molar-refractivity contribution < 1.29 is 4.92 Å². The van der Waals surface area contributed by atoms with Crippen molar-refractivity contribution in [3.05, 3.63) is 34.7 Å². The molecule has 3 N–H and O–H groups in total. The minimum Gasteiger partial charge on any atom is -0.378 e. The molecule has 0 unspecified atom stereocenters. The van der Waals surface area contributed by atoms with E-state index >= 15 is 0 Å². The zero-order valence-electron chi connectivity index (χ0n) is 10.3. The van der Waals surface area contributed by atoms with E-state index in [1.54, 1.807) is 6.20 Å². The molecule has 0 aliphatic rings. The molecule has 2 aromatic rings. The third-order valence-corrected chi connectivity index (χ3v) is 2.60. The lowest BCUT2D eigenvalue weighted by atomic mass is 10.3. The number of hydrogen-bond donors (Lipinski definition) is 2. The highest BCUT2D eigenvalue weighted by atomic mass is 16.6. The number of rotatable bonds is 5. The quantitative estimate of drug-likeness (QED) is 0.589. The van der Waals surface area contributed by atoms with Crippen molar-refractivity contribution in [3.63, 3.8) is 0 Å². The van der Waals surface area contributed by atoms with Gasteiger partial charge in [0.15, 0.2) is 0 Å². The van der Waals surface area contributed by atoms with E-state index in [0.29, 0.717) is 13.0 Å². The van der Waals surface area contributed by atoms with Crippen LogP contribution in [-0.2, 0) is 13.5 Å². The standard InChI is InChI=1S/C10H13N7O2/c1-16-5-4-12-7(16)2-3-13-10-8(17(18)19)9(11)14-6-15-10/h4-6H,2-3H2,1H3,(H3,11,13,14,15). The molecule has 0 bridgehead atoms. The summed E-state index contributed by atoms with van der Waals surface area (Å²) in [6.07, 6.45) is 5.33. The number of nitro groups is 1. The lowest BCUT2D eigenvalue weighted by Crippen LogP contribution is -2.12. The van der Waals surface area contributed by atoms with Crippen LogP contribution in [0.25, 0.3) is 0 Å². The van der Waals surface area contributed by atoms with Gasteiger partial charge in [-0.1, -0.05) is 0 Å². The number of nitrogens with zero attached hydrogens (tertiary/aromatic N) is 5. The average Bonchev–Trinajstić information content (AvgIpc) is 2.75. The van der Waals surface area contributed by atoms with Crippen LogP contribution < -0.4 is 11.1 Å². The Morgan fingerprint density at radius 1 is 1.47 bits per heavy atom. The highest BCUT2D eigenvalue weighted by Crippen LogP contribution is 2.25. The molecule has 9 nitrogen and oxygen atoms in total. The molecule has 2 aromatic heterocycles. The van der Waals surface area contributed by atoms with Crippen molar-refractivity contribution in [2.75, 3.05) is 17.6 Å². The average molecular weight is 263 g/mol. The smallest absolute Gasteiger partial charge is 0.352 e. The maximum atomic E-state index is 10.9. The SMILES string of the molecule is Cn1ccnc1CCNc1ncnc(N)c1[N+](=O)[O-]. The van der Waals surface area contributed by atoms with Gasteiger partial charge in [0.2, 0.25) is 11.6 Å². The van der Waals surface area contributed by atoms with E-state index in [4.69, 9.17) is 5.73 Å². The Balaban J connectivity index is 2.06. The third kappa shape index (κ3) is 2.76. The number of imidazole rings is 1. The summed E-state index contributed by atoms with van der Waals surface area (Å²) in [5.41, 5.74) is 5.16. The van der Waals surface area contributed by atoms with Crippen LogP contribution in [0.5, 0.6) is 0 Å². The zero-order chi connectivity index (χ0) is 13.8. The lowest BCUT2D eigenvalue weighted by molar-refractivity contribution is -0.383. The van der Waals surface area contributed by atoms with Crippen LogP contribution in [0.3, 0.4) is 0 Å². The van der Waals surface area contributed by atoms with Gasteiger partial charge in [0.05, 0.1) is 4.92 Å². The maximum absolute atomic E-state index is 10.9. The molecule has 100 valence electrons. The van der Waals surface area contributed by atoms with Crippen molar-refractivity contribution in [2.45, 2.75) is 6.42 Å². The molecule has 0 saturated carbocycles. The Morgan fingerprint density at radius 3 is 2.89 bits per heavy atom. The first kappa shape index (κ1) is 12.7. The monoisotopic (exact) mass is 263 g/mol. The van der Waals surface area contributed by atoms with Gasteiger partial charge in [-0.3, -0.25) is 10.1 Å². The van der Waals surface area contributed by atoms with E-state index in [0.717, 1.165) is 5.82 Å². The molecule has 0 fully saturated rings. The predicted octanol–water partition coefficient (Wildman–Crippen LogP) is 0.355. The van der Waals surface area contributed by atoms with Crippen molar-refractivity contribution in [1.29, 1.82) is 0 Å². The molecule has 0 aliphatic carbocycles. The third-order valence-electron chi connectivity index (χ3n) is 2.60. The molecule has 0 saturated heterocycles. The minimum absolute atomic E-state index is 0.117. The summed E-state index contributed by atoms with van der Waals surface area (Å²) in [5.74, 6) is 0.836. The summed E-state index contributed by atoms with van der Waals surface area (Å²) in [7, 11) is 1.88. The molecular formula is C10H13N7O2. The fraction of sp³-hybridized carbons (Fsp3) is 0.300. The van der Waals surface area contributed by atoms with Gasteiger partial charge in [-0.25, -0.2) is 15.0 Å². The van der Waals surface area contributed by atoms with Crippen LogP contribution in [-0.4, -0.2) is 31.0 Å². The number of nitrogens with two attached hydrogens (primary N) is 1. The molecule has 0 radical (unpaired) electrons. The molecule has 0 amide bonds. The highest BCUT2D eigenvalue weighted by molar-refractivity contribution is 5.67. The first-order valence-electron chi connectivity index (χ1n) is 5.54. The number of anilines is 2. The van der Waals surface area contributed by atoms with E-state index < -0.39 is 4.92 Å². The second-order valence-corrected chi connectivity index (χ2v) is 3.84. The summed E-state index contributed by atoms with van der Waals surface area (Å²) in [4.78, 5) is 21.9. The topological polar surface area (TPSA) is 125 Å². The Bertz CT molecular complexity index is 595. The van der Waals surface area contributed by atoms with E-state index in [-0.39, 0.29) is 17.3 Å². The Labute approximate surface area is 108 Å². The molecular weight excluding hydrogens is 250 g/mol. The Morgan fingerprint density at radius 2 is 2.26 bits per heavy atom. The van der Waals surface area contributed by atoms with Gasteiger partial charge in [-0.05, 0) is 0 Å². The molecule has 0 spiro atoms. The van der Waals surface area contributed by atoms with Crippen molar-refractivity contribution in [3.8, 4) is 0 Å². The second kappa shape index (κ2) is 5.29. The molecule has 9 heteroatoms. The van der Waals surface area contributed by atoms with Gasteiger partial charge in [-0.15, -0.1) is 0 Å². The van der Waals surface area contributed by atoms with Gasteiger partial charge in [0.25, 0.3) is 0 Å². The summed E-state index contributed by atoms with van der Waals surface area (Å²) in [5, 5.41) is 13.8. The summed E-state index contributed by atoms with van der Waals surface area (Å²) < 4.78 is 1.88. The molecule has 0 aromatic carbocycles. The molecule has 2 heterocycles. The van der Waals surface area contributed by atoms with Crippen molar-refractivity contribution in [1.82, 2.24) is 19.5 Å². The van der Waals surface area contributed by atoms with Crippen LogP contribution in [0.2, 0.25) is 0 Å². The van der Waals surface area contributed by atoms with E-state index in [9.17, 15) is 10.1 Å². The Kier molecular flexibility index (Phi) is 3.55. The van der Waals surface area contributed by atoms with Gasteiger partial charge in [-0.2, -0.15) is 0 Å². The van der Waals surface area contributed by atoms with Crippen LogP contribution in [0.15, 0.2) is 18.7 Å². The largest absolute Gasteiger partial charge is 0.378 e. The van der Waals surface area contributed by atoms with Crippen LogP contribution in [0.1, 0.15) is 5.82 Å². The summed E-state index contributed by atoms with van der Waals surface area (Å²) in [6.45, 7) is 0.460. The van der Waals surface area contributed by atoms with Crippen LogP contribution in [0, 0.1) is 10.1 Å². The van der Waals surface area contributed by atoms with E-state index in [2.05, 4.69) is 20.3 Å². The van der Waals surface area contributed by atoms with Crippen LogP contribution in [0.4, 0.5) is 17.3 Å². The summed E-state index contributed by atoms with van der Waals surface area (Å²) >= 11 is 0. The number of nitrogens with one attached hydrogen (secondary N) is 1. The molecule has 0 atom stereocenters. The molecule has 19 heavy (non-hydrogen) atoms. The number of aryl methyl sites for hydroxylation is 1. The number of hydrogen-bond acceptors (Lipinski definition) is 7. The Hall–Kier alpha value is -2.71. The van der Waals surface area contributed by atoms with E-state index in [1.807, 2.05) is 17.8 Å². The lowest BCUT2D eigenvalue weighted by Gasteiger charge is -2.06. The molecule has 0 aliphatic heterocycles. The van der Waals surface area contributed by atoms with E-state index in [1.165, 1.54) is 6.33 Å². The zero-order valence-corrected chi connectivity index (χ0v) is 10.3. The fourth-order valence-electron chi connectivity index (χ4n) is 1.63. The van der Waals surface area contributed by atoms with Gasteiger partial charge in [0.1, 0.15) is 12.2 Å². The number of aromatic nitrogens is 4. The van der Waals surface area contributed by atoms with Gasteiger partial charge >= 0.3 is 5.69 Å². The number of nitrogen functional groups attached to an aromatic ring is 1. The summed E-state index contributed by atoms with van der Waals surface area (Å²) in [6, 6.07) is 0. The van der Waals surface area contributed by atoms with Gasteiger partial charge < -0.3 is 15.6 Å². The van der Waals surface area contributed by atoms with Crippen LogP contribution >= 0.6 is 0 Å². The minimum atomic E-state index is -0.599. The van der Waals surface area contributed by atoms with Gasteiger partial charge in [0, 0.05) is 32.4 Å². The first-order chi connectivity index (χ1) is 9.09. The highest BCUT2D eigenvalue weighted by Gasteiger charge is 2.20.